The molecule has 2 atom stereocenters. The lowest BCUT2D eigenvalue weighted by molar-refractivity contribution is -0.161. The van der Waals surface area contributed by atoms with Crippen LogP contribution in [-0.2, 0) is 27.6 Å². The Hall–Kier alpha value is -3.02. The Labute approximate surface area is 189 Å². The number of halogens is 6. The molecule has 2 fully saturated rings. The number of alkyl halides is 6. The van der Waals surface area contributed by atoms with E-state index in [9.17, 15) is 41.0 Å². The number of β-amino-alcohol motifs (C(OH)–C–C–N with tert-alkyl or cyclic N) is 1. The zero-order valence-corrected chi connectivity index (χ0v) is 17.6. The summed E-state index contributed by atoms with van der Waals surface area (Å²) in [4.78, 5) is 26.7. The fourth-order valence-electron chi connectivity index (χ4n) is 4.13. The summed E-state index contributed by atoms with van der Waals surface area (Å²) in [5.74, 6) is -1.14. The van der Waals surface area contributed by atoms with Crippen molar-refractivity contribution in [1.82, 2.24) is 15.6 Å². The van der Waals surface area contributed by atoms with E-state index in [1.807, 2.05) is 0 Å². The van der Waals surface area contributed by atoms with Crippen molar-refractivity contribution in [3.8, 4) is 11.3 Å². The number of rotatable bonds is 6. The minimum atomic E-state index is -4.56. The molecule has 1 aromatic heterocycles. The second-order valence-corrected chi connectivity index (χ2v) is 8.60. The highest BCUT2D eigenvalue weighted by atomic mass is 19.4. The molecule has 34 heavy (non-hydrogen) atoms. The van der Waals surface area contributed by atoms with Crippen LogP contribution >= 0.6 is 0 Å². The SMILES string of the molecule is O=C(CCc1cc(C2(C(F)(F)F)CC2)[nH]c1-c1ccc(C(F)(F)F)cc1)N[C@@H]1C(=O)NC[C@H]1O. The number of aliphatic hydroxyl groups is 1. The molecular formula is C22H21F6N3O3. The highest BCUT2D eigenvalue weighted by molar-refractivity contribution is 5.90. The molecule has 2 amide bonds. The Kier molecular flexibility index (Phi) is 5.91. The van der Waals surface area contributed by atoms with Crippen LogP contribution in [0.1, 0.15) is 36.1 Å². The van der Waals surface area contributed by atoms with Gasteiger partial charge in [-0.3, -0.25) is 9.59 Å². The van der Waals surface area contributed by atoms with Gasteiger partial charge in [0.05, 0.1) is 5.56 Å². The zero-order chi connectivity index (χ0) is 24.9. The van der Waals surface area contributed by atoms with E-state index in [0.29, 0.717) is 5.56 Å². The molecule has 1 aliphatic carbocycles. The fourth-order valence-corrected chi connectivity index (χ4v) is 4.13. The van der Waals surface area contributed by atoms with Crippen LogP contribution in [0.5, 0.6) is 0 Å². The lowest BCUT2D eigenvalue weighted by Crippen LogP contribution is -2.45. The third-order valence-electron chi connectivity index (χ3n) is 6.30. The molecule has 2 aromatic rings. The highest BCUT2D eigenvalue weighted by Gasteiger charge is 2.65. The van der Waals surface area contributed by atoms with Gasteiger partial charge in [0.1, 0.15) is 17.6 Å². The maximum Gasteiger partial charge on any atom is 0.416 e. The monoisotopic (exact) mass is 489 g/mol. The molecule has 1 aliphatic heterocycles. The van der Waals surface area contributed by atoms with Crippen LogP contribution in [0.3, 0.4) is 0 Å². The number of hydrogen-bond acceptors (Lipinski definition) is 3. The highest BCUT2D eigenvalue weighted by Crippen LogP contribution is 2.59. The van der Waals surface area contributed by atoms with Crippen molar-refractivity contribution in [3.05, 3.63) is 47.2 Å². The second-order valence-electron chi connectivity index (χ2n) is 8.60. The number of hydrogen-bond donors (Lipinski definition) is 4. The van der Waals surface area contributed by atoms with Gasteiger partial charge in [0, 0.05) is 24.4 Å². The van der Waals surface area contributed by atoms with Gasteiger partial charge in [-0.1, -0.05) is 12.1 Å². The molecule has 184 valence electrons. The standard InChI is InChI=1S/C22H21F6N3O3/c23-21(24,25)13-4-1-11(2-5-13)17-12(9-15(30-17)20(7-8-20)22(26,27)28)3-6-16(33)31-18-14(32)10-29-19(18)34/h1-2,4-5,9,14,18,30,32H,3,6-8,10H2,(H,29,34)(H,31,33)/t14-,18+/m1/s1. The summed E-state index contributed by atoms with van der Waals surface area (Å²) in [6.07, 6.45) is -10.6. The summed E-state index contributed by atoms with van der Waals surface area (Å²) in [5.41, 5.74) is -2.26. The smallest absolute Gasteiger partial charge is 0.389 e. The minimum Gasteiger partial charge on any atom is -0.389 e. The first-order valence-electron chi connectivity index (χ1n) is 10.5. The molecule has 0 spiro atoms. The molecule has 0 bridgehead atoms. The average molecular weight is 489 g/mol. The Morgan fingerprint density at radius 1 is 1.12 bits per heavy atom. The number of H-pyrrole nitrogens is 1. The molecule has 0 unspecified atom stereocenters. The van der Waals surface area contributed by atoms with Crippen LogP contribution in [0.25, 0.3) is 11.3 Å². The number of aryl methyl sites for hydroxylation is 1. The van der Waals surface area contributed by atoms with E-state index >= 15 is 0 Å². The van der Waals surface area contributed by atoms with Gasteiger partial charge in [-0.2, -0.15) is 26.3 Å². The van der Waals surface area contributed by atoms with Gasteiger partial charge in [-0.15, -0.1) is 0 Å². The van der Waals surface area contributed by atoms with Crippen LogP contribution in [0.15, 0.2) is 30.3 Å². The average Bonchev–Trinajstić information content (AvgIpc) is 3.39. The Bertz CT molecular complexity index is 1090. The van der Waals surface area contributed by atoms with Gasteiger partial charge in [0.25, 0.3) is 0 Å². The molecule has 1 saturated heterocycles. The topological polar surface area (TPSA) is 94.2 Å². The first-order valence-corrected chi connectivity index (χ1v) is 10.5. The van der Waals surface area contributed by atoms with Crippen LogP contribution in [0.4, 0.5) is 26.3 Å². The number of carbonyl (C=O) groups is 2. The van der Waals surface area contributed by atoms with Gasteiger partial charge in [0.15, 0.2) is 0 Å². The summed E-state index contributed by atoms with van der Waals surface area (Å²) in [6.45, 7) is -0.0114. The first kappa shape index (κ1) is 24.1. The number of carbonyl (C=O) groups excluding carboxylic acids is 2. The molecule has 6 nitrogen and oxygen atoms in total. The van der Waals surface area contributed by atoms with E-state index in [-0.39, 0.29) is 49.2 Å². The number of amides is 2. The Morgan fingerprint density at radius 3 is 2.26 bits per heavy atom. The maximum atomic E-state index is 13.7. The minimum absolute atomic E-state index is 0.0114. The van der Waals surface area contributed by atoms with E-state index < -0.39 is 47.3 Å². The number of aromatic amines is 1. The van der Waals surface area contributed by atoms with Gasteiger partial charge >= 0.3 is 12.4 Å². The number of aromatic nitrogens is 1. The third kappa shape index (κ3) is 4.50. The Balaban J connectivity index is 1.59. The van der Waals surface area contributed by atoms with Crippen molar-refractivity contribution in [2.75, 3.05) is 6.54 Å². The predicted octanol–water partition coefficient (Wildman–Crippen LogP) is 3.20. The van der Waals surface area contributed by atoms with Crippen molar-refractivity contribution in [2.24, 2.45) is 0 Å². The molecule has 0 radical (unpaired) electrons. The molecule has 12 heteroatoms. The van der Waals surface area contributed by atoms with Crippen LogP contribution in [0, 0.1) is 0 Å². The summed E-state index contributed by atoms with van der Waals surface area (Å²) >= 11 is 0. The summed E-state index contributed by atoms with van der Waals surface area (Å²) in [7, 11) is 0. The van der Waals surface area contributed by atoms with Crippen molar-refractivity contribution in [3.63, 3.8) is 0 Å². The lowest BCUT2D eigenvalue weighted by atomic mass is 9.99. The Morgan fingerprint density at radius 2 is 1.76 bits per heavy atom. The van der Waals surface area contributed by atoms with Gasteiger partial charge in [-0.05, 0) is 48.6 Å². The molecule has 4 rings (SSSR count). The molecule has 1 saturated carbocycles. The summed E-state index contributed by atoms with van der Waals surface area (Å²) in [5, 5.41) is 14.5. The van der Waals surface area contributed by atoms with Crippen molar-refractivity contribution < 1.29 is 41.0 Å². The van der Waals surface area contributed by atoms with Gasteiger partial charge in [0.2, 0.25) is 11.8 Å². The number of benzene rings is 1. The van der Waals surface area contributed by atoms with Gasteiger partial charge in [-0.25, -0.2) is 0 Å². The molecule has 2 aliphatic rings. The molecular weight excluding hydrogens is 468 g/mol. The van der Waals surface area contributed by atoms with Gasteiger partial charge < -0.3 is 20.7 Å². The third-order valence-corrected chi connectivity index (χ3v) is 6.30. The quantitative estimate of drug-likeness (QED) is 0.470. The van der Waals surface area contributed by atoms with Crippen LogP contribution in [-0.4, -0.2) is 46.8 Å². The van der Waals surface area contributed by atoms with Crippen molar-refractivity contribution >= 4 is 11.8 Å². The predicted molar refractivity (Wildman–Crippen MR) is 107 cm³/mol. The maximum absolute atomic E-state index is 13.7. The fraction of sp³-hybridized carbons (Fsp3) is 0.455. The molecule has 4 N–H and O–H groups in total. The van der Waals surface area contributed by atoms with E-state index in [0.717, 1.165) is 24.3 Å². The van der Waals surface area contributed by atoms with E-state index in [1.165, 1.54) is 6.07 Å². The zero-order valence-electron chi connectivity index (χ0n) is 17.6. The lowest BCUT2D eigenvalue weighted by Gasteiger charge is -2.17. The van der Waals surface area contributed by atoms with E-state index in [4.69, 9.17) is 0 Å². The number of nitrogens with one attached hydrogen (secondary N) is 3. The summed E-state index contributed by atoms with van der Waals surface area (Å²) < 4.78 is 79.7. The second kappa shape index (κ2) is 8.33. The van der Waals surface area contributed by atoms with E-state index in [1.54, 1.807) is 0 Å². The first-order chi connectivity index (χ1) is 15.8. The normalized spacial score (nSPS) is 21.9. The summed E-state index contributed by atoms with van der Waals surface area (Å²) in [6, 6.07) is 4.18. The van der Waals surface area contributed by atoms with Crippen molar-refractivity contribution in [1.29, 1.82) is 0 Å². The van der Waals surface area contributed by atoms with E-state index in [2.05, 4.69) is 15.6 Å². The van der Waals surface area contributed by atoms with Crippen molar-refractivity contribution in [2.45, 2.75) is 55.6 Å². The van der Waals surface area contributed by atoms with Crippen LogP contribution in [0.2, 0.25) is 0 Å². The van der Waals surface area contributed by atoms with Crippen LogP contribution < -0.4 is 10.6 Å². The molecule has 2 heterocycles. The largest absolute Gasteiger partial charge is 0.416 e. The number of aliphatic hydroxyl groups excluding tert-OH is 1. The molecule has 1 aromatic carbocycles.